The number of aromatic nitrogens is 2. The molecular formula is C10H12N4OS2. The van der Waals surface area contributed by atoms with Crippen LogP contribution in [-0.2, 0) is 5.75 Å². The highest BCUT2D eigenvalue weighted by Crippen LogP contribution is 2.12. The van der Waals surface area contributed by atoms with Crippen LogP contribution in [0.2, 0.25) is 0 Å². The molecule has 0 saturated heterocycles. The van der Waals surface area contributed by atoms with Gasteiger partial charge in [-0.3, -0.25) is 14.2 Å². The van der Waals surface area contributed by atoms with Gasteiger partial charge in [-0.1, -0.05) is 11.8 Å². The molecule has 0 unspecified atom stereocenters. The molecule has 2 heterocycles. The summed E-state index contributed by atoms with van der Waals surface area (Å²) in [6, 6.07) is 1.53. The van der Waals surface area contributed by atoms with Crippen LogP contribution in [0.4, 0.5) is 0 Å². The van der Waals surface area contributed by atoms with Crippen molar-refractivity contribution < 1.29 is 0 Å². The largest absolute Gasteiger partial charge is 0.379 e. The number of aliphatic imine (C=N–C) groups is 1. The van der Waals surface area contributed by atoms with Crippen molar-refractivity contribution in [1.29, 1.82) is 0 Å². The van der Waals surface area contributed by atoms with Crippen LogP contribution in [-0.4, -0.2) is 21.1 Å². The molecule has 0 aliphatic rings. The fourth-order valence-electron chi connectivity index (χ4n) is 1.31. The normalized spacial score (nSPS) is 12.2. The van der Waals surface area contributed by atoms with Crippen LogP contribution in [0.5, 0.6) is 0 Å². The van der Waals surface area contributed by atoms with Crippen molar-refractivity contribution in [2.24, 2.45) is 10.7 Å². The van der Waals surface area contributed by atoms with Gasteiger partial charge in [-0.15, -0.1) is 11.3 Å². The highest BCUT2D eigenvalue weighted by molar-refractivity contribution is 8.13. The van der Waals surface area contributed by atoms with Crippen LogP contribution < -0.4 is 11.3 Å². The number of amidine groups is 1. The summed E-state index contributed by atoms with van der Waals surface area (Å²) in [7, 11) is 0. The van der Waals surface area contributed by atoms with Gasteiger partial charge in [0, 0.05) is 29.9 Å². The number of hydrogen-bond donors (Lipinski definition) is 1. The van der Waals surface area contributed by atoms with Gasteiger partial charge in [0.05, 0.1) is 5.69 Å². The Morgan fingerprint density at radius 2 is 2.53 bits per heavy atom. The predicted molar refractivity (Wildman–Crippen MR) is 72.8 cm³/mol. The van der Waals surface area contributed by atoms with Crippen molar-refractivity contribution in [3.63, 3.8) is 0 Å². The fraction of sp³-hybridized carbons (Fsp3) is 0.300. The van der Waals surface area contributed by atoms with Gasteiger partial charge in [-0.05, 0) is 6.92 Å². The van der Waals surface area contributed by atoms with E-state index < -0.39 is 0 Å². The summed E-state index contributed by atoms with van der Waals surface area (Å²) in [6.45, 7) is 2.59. The number of nitrogens with zero attached hydrogens (tertiary/aromatic N) is 3. The lowest BCUT2D eigenvalue weighted by molar-refractivity contribution is 1.04. The number of hydrogen-bond acceptors (Lipinski definition) is 5. The Hall–Kier alpha value is -1.34. The smallest absolute Gasteiger partial charge is 0.258 e. The minimum absolute atomic E-state index is 0.0575. The molecule has 0 aliphatic heterocycles. The van der Waals surface area contributed by atoms with E-state index in [1.165, 1.54) is 33.6 Å². The van der Waals surface area contributed by atoms with Crippen molar-refractivity contribution >= 4 is 33.2 Å². The molecule has 0 atom stereocenters. The molecule has 0 aromatic carbocycles. The van der Waals surface area contributed by atoms with Gasteiger partial charge in [0.2, 0.25) is 0 Å². The van der Waals surface area contributed by atoms with E-state index in [4.69, 9.17) is 5.73 Å². The lowest BCUT2D eigenvalue weighted by Crippen LogP contribution is -2.13. The van der Waals surface area contributed by atoms with Gasteiger partial charge in [0.1, 0.15) is 0 Å². The van der Waals surface area contributed by atoms with Crippen LogP contribution in [0.15, 0.2) is 27.4 Å². The number of thioether (sulfide) groups is 1. The molecule has 0 spiro atoms. The Bertz CT molecular complexity index is 602. The van der Waals surface area contributed by atoms with Crippen LogP contribution >= 0.6 is 23.1 Å². The first kappa shape index (κ1) is 12.1. The zero-order valence-electron chi connectivity index (χ0n) is 9.29. The lowest BCUT2D eigenvalue weighted by atomic mass is 10.4. The van der Waals surface area contributed by atoms with Gasteiger partial charge >= 0.3 is 0 Å². The second-order valence-corrected chi connectivity index (χ2v) is 5.11. The van der Waals surface area contributed by atoms with Crippen LogP contribution in [0.25, 0.3) is 4.96 Å². The van der Waals surface area contributed by atoms with Gasteiger partial charge in [0.15, 0.2) is 10.1 Å². The lowest BCUT2D eigenvalue weighted by Gasteiger charge is -2.00. The minimum atomic E-state index is -0.0575. The molecule has 17 heavy (non-hydrogen) atoms. The maximum absolute atomic E-state index is 11.7. The Labute approximate surface area is 106 Å². The summed E-state index contributed by atoms with van der Waals surface area (Å²) in [6.07, 6.45) is 1.72. The minimum Gasteiger partial charge on any atom is -0.379 e. The van der Waals surface area contributed by atoms with Crippen LogP contribution in [0.1, 0.15) is 12.6 Å². The topological polar surface area (TPSA) is 72.8 Å². The van der Waals surface area contributed by atoms with Gasteiger partial charge < -0.3 is 5.73 Å². The van der Waals surface area contributed by atoms with E-state index in [2.05, 4.69) is 9.98 Å². The molecule has 90 valence electrons. The molecule has 0 bridgehead atoms. The molecule has 0 fully saturated rings. The van der Waals surface area contributed by atoms with Crippen LogP contribution in [0, 0.1) is 0 Å². The monoisotopic (exact) mass is 268 g/mol. The number of rotatable bonds is 3. The van der Waals surface area contributed by atoms with Crippen molar-refractivity contribution in [3.05, 3.63) is 33.7 Å². The van der Waals surface area contributed by atoms with Crippen molar-refractivity contribution in [1.82, 2.24) is 9.38 Å². The third kappa shape index (κ3) is 2.86. The van der Waals surface area contributed by atoms with E-state index in [0.29, 0.717) is 22.4 Å². The van der Waals surface area contributed by atoms with E-state index in [9.17, 15) is 4.79 Å². The second kappa shape index (κ2) is 5.33. The molecule has 0 saturated carbocycles. The molecule has 2 aromatic rings. The molecule has 2 aromatic heterocycles. The van der Waals surface area contributed by atoms with Crippen molar-refractivity contribution in [2.45, 2.75) is 12.7 Å². The zero-order valence-corrected chi connectivity index (χ0v) is 10.9. The molecule has 0 aliphatic carbocycles. The Morgan fingerprint density at radius 3 is 3.29 bits per heavy atom. The first-order chi connectivity index (χ1) is 8.20. The summed E-state index contributed by atoms with van der Waals surface area (Å²) < 4.78 is 1.53. The predicted octanol–water partition coefficient (Wildman–Crippen LogP) is 1.32. The molecule has 5 nitrogen and oxygen atoms in total. The quantitative estimate of drug-likeness (QED) is 0.673. The summed E-state index contributed by atoms with van der Waals surface area (Å²) in [5.41, 5.74) is 6.34. The first-order valence-corrected chi connectivity index (χ1v) is 6.95. The second-order valence-electron chi connectivity index (χ2n) is 3.24. The van der Waals surface area contributed by atoms with E-state index >= 15 is 0 Å². The summed E-state index contributed by atoms with van der Waals surface area (Å²) in [5, 5.41) is 2.37. The average molecular weight is 268 g/mol. The van der Waals surface area contributed by atoms with Gasteiger partial charge in [-0.25, -0.2) is 4.98 Å². The number of nitrogens with two attached hydrogens (primary N) is 1. The average Bonchev–Trinajstić information content (AvgIpc) is 2.75. The molecule has 2 rings (SSSR count). The van der Waals surface area contributed by atoms with E-state index in [1.54, 1.807) is 6.20 Å². The van der Waals surface area contributed by atoms with Gasteiger partial charge in [0.25, 0.3) is 5.56 Å². The summed E-state index contributed by atoms with van der Waals surface area (Å²) in [5.74, 6) is 0.568. The molecule has 2 N–H and O–H groups in total. The highest BCUT2D eigenvalue weighted by atomic mass is 32.2. The van der Waals surface area contributed by atoms with Crippen molar-refractivity contribution in [3.8, 4) is 0 Å². The SMILES string of the molecule is CCN=C(N)SCc1cc(=O)n2ccsc2n1. The maximum Gasteiger partial charge on any atom is 0.258 e. The fourth-order valence-corrected chi connectivity index (χ4v) is 2.71. The Kier molecular flexibility index (Phi) is 3.80. The maximum atomic E-state index is 11.7. The van der Waals surface area contributed by atoms with Crippen molar-refractivity contribution in [2.75, 3.05) is 6.54 Å². The third-order valence-corrected chi connectivity index (χ3v) is 3.66. The van der Waals surface area contributed by atoms with E-state index in [-0.39, 0.29) is 5.56 Å². The van der Waals surface area contributed by atoms with Gasteiger partial charge in [-0.2, -0.15) is 0 Å². The Morgan fingerprint density at radius 1 is 1.71 bits per heavy atom. The summed E-state index contributed by atoms with van der Waals surface area (Å²) >= 11 is 2.84. The first-order valence-electron chi connectivity index (χ1n) is 5.09. The molecule has 0 radical (unpaired) electrons. The Balaban J connectivity index is 2.19. The number of thiazole rings is 1. The summed E-state index contributed by atoms with van der Waals surface area (Å²) in [4.78, 5) is 20.8. The van der Waals surface area contributed by atoms with Crippen LogP contribution in [0.3, 0.4) is 0 Å². The zero-order chi connectivity index (χ0) is 12.3. The highest BCUT2D eigenvalue weighted by Gasteiger charge is 2.04. The molecule has 0 amide bonds. The number of fused-ring (bicyclic) bond motifs is 1. The standard InChI is InChI=1S/C10H12N4OS2/c1-2-12-9(11)17-6-7-5-8(15)14-3-4-16-10(14)13-7/h3-5H,2,6H2,1H3,(H2,11,12). The molecule has 7 heteroatoms. The molecular weight excluding hydrogens is 256 g/mol. The third-order valence-electron chi connectivity index (χ3n) is 2.04. The van der Waals surface area contributed by atoms with E-state index in [0.717, 1.165) is 5.69 Å². The van der Waals surface area contributed by atoms with E-state index in [1.807, 2.05) is 12.3 Å².